The molecule has 5 nitrogen and oxygen atoms in total. The van der Waals surface area contributed by atoms with Gasteiger partial charge in [0, 0.05) is 18.5 Å². The second-order valence-electron chi connectivity index (χ2n) is 7.02. The number of rotatable bonds is 4. The number of amides is 1. The highest BCUT2D eigenvalue weighted by atomic mass is 16.4. The number of carboxylic acid groups (broad SMARTS) is 1. The Morgan fingerprint density at radius 2 is 1.54 bits per heavy atom. The molecule has 2 fully saturated rings. The highest BCUT2D eigenvalue weighted by molar-refractivity contribution is 6.07. The summed E-state index contributed by atoms with van der Waals surface area (Å²) in [6, 6.07) is 9.23. The minimum Gasteiger partial charge on any atom is -0.479 e. The molecule has 2 N–H and O–H groups in total. The number of likely N-dealkylation sites (tertiary alicyclic amines) is 1. The number of nitrogens with zero attached hydrogens (tertiary/aromatic N) is 1. The zero-order chi connectivity index (χ0) is 17.2. The molecule has 1 aromatic carbocycles. The van der Waals surface area contributed by atoms with E-state index in [0.29, 0.717) is 25.9 Å². The first-order valence-electron chi connectivity index (χ1n) is 8.83. The molecule has 1 amide bonds. The van der Waals surface area contributed by atoms with E-state index in [1.165, 1.54) is 4.90 Å². The number of hydrogen-bond donors (Lipinski definition) is 2. The van der Waals surface area contributed by atoms with Crippen LogP contribution in [0.4, 0.5) is 0 Å². The lowest BCUT2D eigenvalue weighted by Gasteiger charge is -2.47. The van der Waals surface area contributed by atoms with Gasteiger partial charge in [-0.3, -0.25) is 4.79 Å². The second kappa shape index (κ2) is 6.55. The fraction of sp³-hybridized carbons (Fsp3) is 0.579. The molecule has 1 aromatic rings. The first kappa shape index (κ1) is 17.0. The van der Waals surface area contributed by atoms with Gasteiger partial charge in [-0.25, -0.2) is 4.79 Å². The summed E-state index contributed by atoms with van der Waals surface area (Å²) in [6.45, 7) is 1.05. The molecule has 1 saturated heterocycles. The average Bonchev–Trinajstić information content (AvgIpc) is 3.16. The summed E-state index contributed by atoms with van der Waals surface area (Å²) in [7, 11) is 0. The Bertz CT molecular complexity index is 603. The van der Waals surface area contributed by atoms with Gasteiger partial charge < -0.3 is 15.1 Å². The average molecular weight is 331 g/mol. The van der Waals surface area contributed by atoms with Crippen molar-refractivity contribution in [2.45, 2.75) is 56.0 Å². The van der Waals surface area contributed by atoms with E-state index in [0.717, 1.165) is 37.7 Å². The molecule has 1 heterocycles. The van der Waals surface area contributed by atoms with E-state index in [2.05, 4.69) is 0 Å². The molecule has 3 rings (SSSR count). The van der Waals surface area contributed by atoms with E-state index in [4.69, 9.17) is 0 Å². The standard InChI is InChI=1S/C19H25NO4/c21-16(20-13-7-8-14-20)19(24,17(22)23)18(11-5-2-6-12-18)15-9-3-1-4-10-15/h1,3-4,9-10,24H,2,5-8,11-14H2,(H,22,23). The molecule has 0 radical (unpaired) electrons. The number of benzene rings is 1. The third-order valence-corrected chi connectivity index (χ3v) is 5.74. The van der Waals surface area contributed by atoms with Crippen molar-refractivity contribution in [1.29, 1.82) is 0 Å². The van der Waals surface area contributed by atoms with Gasteiger partial charge in [-0.1, -0.05) is 49.6 Å². The van der Waals surface area contributed by atoms with Gasteiger partial charge in [-0.05, 0) is 31.2 Å². The lowest BCUT2D eigenvalue weighted by Crippen LogP contribution is -2.66. The minimum atomic E-state index is -2.40. The van der Waals surface area contributed by atoms with Crippen molar-refractivity contribution >= 4 is 11.9 Å². The van der Waals surface area contributed by atoms with Crippen LogP contribution in [-0.4, -0.2) is 45.7 Å². The van der Waals surface area contributed by atoms with E-state index in [9.17, 15) is 19.8 Å². The van der Waals surface area contributed by atoms with Gasteiger partial charge in [0.1, 0.15) is 0 Å². The molecular weight excluding hydrogens is 306 g/mol. The number of carbonyl (C=O) groups is 2. The minimum absolute atomic E-state index is 0.513. The Hall–Kier alpha value is -1.88. The number of carboxylic acids is 1. The van der Waals surface area contributed by atoms with E-state index < -0.39 is 22.9 Å². The van der Waals surface area contributed by atoms with Crippen LogP contribution >= 0.6 is 0 Å². The second-order valence-corrected chi connectivity index (χ2v) is 7.02. The molecule has 0 aromatic heterocycles. The molecule has 24 heavy (non-hydrogen) atoms. The van der Waals surface area contributed by atoms with Crippen LogP contribution in [0, 0.1) is 0 Å². The Balaban J connectivity index is 2.11. The molecule has 5 heteroatoms. The summed E-state index contributed by atoms with van der Waals surface area (Å²) in [5.41, 5.74) is -2.71. The highest BCUT2D eigenvalue weighted by Gasteiger charge is 2.63. The summed E-state index contributed by atoms with van der Waals surface area (Å²) >= 11 is 0. The van der Waals surface area contributed by atoms with Crippen LogP contribution in [0.5, 0.6) is 0 Å². The summed E-state index contributed by atoms with van der Waals surface area (Å²) in [6.07, 6.45) is 5.38. The zero-order valence-electron chi connectivity index (χ0n) is 13.9. The number of aliphatic carboxylic acids is 1. The SMILES string of the molecule is O=C(O)C(O)(C(=O)N1CCCC1)C1(c2ccccc2)CCCCC1. The van der Waals surface area contributed by atoms with Crippen LogP contribution in [0.25, 0.3) is 0 Å². The fourth-order valence-electron chi connectivity index (χ4n) is 4.42. The Morgan fingerprint density at radius 3 is 2.08 bits per heavy atom. The van der Waals surface area contributed by atoms with E-state index in [1.807, 2.05) is 30.3 Å². The molecule has 1 aliphatic heterocycles. The van der Waals surface area contributed by atoms with Crippen molar-refractivity contribution in [1.82, 2.24) is 4.90 Å². The predicted molar refractivity (Wildman–Crippen MR) is 89.6 cm³/mol. The van der Waals surface area contributed by atoms with E-state index in [-0.39, 0.29) is 0 Å². The van der Waals surface area contributed by atoms with Crippen molar-refractivity contribution in [3.63, 3.8) is 0 Å². The maximum Gasteiger partial charge on any atom is 0.346 e. The fourth-order valence-corrected chi connectivity index (χ4v) is 4.42. The van der Waals surface area contributed by atoms with Crippen LogP contribution in [0.1, 0.15) is 50.5 Å². The topological polar surface area (TPSA) is 77.8 Å². The van der Waals surface area contributed by atoms with Crippen LogP contribution in [-0.2, 0) is 15.0 Å². The van der Waals surface area contributed by atoms with Gasteiger partial charge in [0.05, 0.1) is 0 Å². The predicted octanol–water partition coefficient (Wildman–Crippen LogP) is 2.33. The largest absolute Gasteiger partial charge is 0.479 e. The van der Waals surface area contributed by atoms with Crippen LogP contribution in [0.3, 0.4) is 0 Å². The highest BCUT2D eigenvalue weighted by Crippen LogP contribution is 2.48. The smallest absolute Gasteiger partial charge is 0.346 e. The number of carbonyl (C=O) groups excluding carboxylic acids is 1. The summed E-state index contributed by atoms with van der Waals surface area (Å²) in [5, 5.41) is 21.3. The van der Waals surface area contributed by atoms with Crippen molar-refractivity contribution in [3.8, 4) is 0 Å². The molecule has 130 valence electrons. The summed E-state index contributed by atoms with van der Waals surface area (Å²) < 4.78 is 0. The molecular formula is C19H25NO4. The van der Waals surface area contributed by atoms with Gasteiger partial charge in [0.2, 0.25) is 0 Å². The normalized spacial score (nSPS) is 22.8. The van der Waals surface area contributed by atoms with Crippen molar-refractivity contribution in [2.24, 2.45) is 0 Å². The monoisotopic (exact) mass is 331 g/mol. The van der Waals surface area contributed by atoms with E-state index >= 15 is 0 Å². The lowest BCUT2D eigenvalue weighted by atomic mass is 9.59. The Labute approximate surface area is 142 Å². The van der Waals surface area contributed by atoms with Crippen LogP contribution in [0.15, 0.2) is 30.3 Å². The maximum atomic E-state index is 13.1. The Kier molecular flexibility index (Phi) is 4.63. The van der Waals surface area contributed by atoms with Crippen molar-refractivity contribution in [2.75, 3.05) is 13.1 Å². The quantitative estimate of drug-likeness (QED) is 0.830. The van der Waals surface area contributed by atoms with E-state index in [1.54, 1.807) is 0 Å². The number of aliphatic hydroxyl groups is 1. The van der Waals surface area contributed by atoms with Crippen LogP contribution in [0.2, 0.25) is 0 Å². The Morgan fingerprint density at radius 1 is 0.958 bits per heavy atom. The van der Waals surface area contributed by atoms with Gasteiger partial charge in [0.15, 0.2) is 0 Å². The molecule has 1 unspecified atom stereocenters. The molecule has 0 bridgehead atoms. The molecule has 0 spiro atoms. The molecule has 1 atom stereocenters. The van der Waals surface area contributed by atoms with Gasteiger partial charge in [-0.15, -0.1) is 0 Å². The first-order valence-corrected chi connectivity index (χ1v) is 8.83. The lowest BCUT2D eigenvalue weighted by molar-refractivity contribution is -0.183. The van der Waals surface area contributed by atoms with Crippen LogP contribution < -0.4 is 0 Å². The molecule has 1 saturated carbocycles. The summed E-state index contributed by atoms with van der Waals surface area (Å²) in [5.74, 6) is -2.07. The third kappa shape index (κ3) is 2.51. The van der Waals surface area contributed by atoms with Crippen molar-refractivity contribution < 1.29 is 19.8 Å². The van der Waals surface area contributed by atoms with Gasteiger partial charge >= 0.3 is 5.97 Å². The van der Waals surface area contributed by atoms with Crippen molar-refractivity contribution in [3.05, 3.63) is 35.9 Å². The third-order valence-electron chi connectivity index (χ3n) is 5.74. The zero-order valence-corrected chi connectivity index (χ0v) is 13.9. The summed E-state index contributed by atoms with van der Waals surface area (Å²) in [4.78, 5) is 26.8. The first-order chi connectivity index (χ1) is 11.5. The molecule has 2 aliphatic rings. The van der Waals surface area contributed by atoms with Gasteiger partial charge in [-0.2, -0.15) is 0 Å². The number of hydrogen-bond acceptors (Lipinski definition) is 3. The molecule has 1 aliphatic carbocycles. The van der Waals surface area contributed by atoms with Gasteiger partial charge in [0.25, 0.3) is 11.5 Å². The maximum absolute atomic E-state index is 13.1.